The standard InChI is InChI=1S/C23H27NOS2/c25-22(18-4-2-1-3-5-18)8-13-24-11-6-19(7-12-24)23(20-9-14-26-16-20)21-10-15-27-17-21/h8-10,13-18H,1-7,11-12H2/b13-8+. The Kier molecular flexibility index (Phi) is 6.25. The van der Waals surface area contributed by atoms with Crippen molar-refractivity contribution in [3.05, 3.63) is 62.6 Å². The highest BCUT2D eigenvalue weighted by molar-refractivity contribution is 7.08. The highest BCUT2D eigenvalue weighted by Crippen LogP contribution is 2.34. The van der Waals surface area contributed by atoms with E-state index in [-0.39, 0.29) is 5.92 Å². The number of ketones is 1. The third-order valence-corrected chi connectivity index (χ3v) is 7.20. The lowest BCUT2D eigenvalue weighted by molar-refractivity contribution is -0.119. The normalized spacial score (nSPS) is 19.0. The van der Waals surface area contributed by atoms with Crippen molar-refractivity contribution < 1.29 is 4.79 Å². The van der Waals surface area contributed by atoms with Crippen LogP contribution in [0.2, 0.25) is 0 Å². The van der Waals surface area contributed by atoms with Gasteiger partial charge in [-0.25, -0.2) is 0 Å². The van der Waals surface area contributed by atoms with Crippen LogP contribution in [0.15, 0.2) is 51.5 Å². The third-order valence-electron chi connectivity index (χ3n) is 5.83. The van der Waals surface area contributed by atoms with Gasteiger partial charge in [0.15, 0.2) is 5.78 Å². The number of thiophene rings is 2. The second kappa shape index (κ2) is 9.03. The van der Waals surface area contributed by atoms with Gasteiger partial charge in [-0.1, -0.05) is 24.8 Å². The first-order valence-electron chi connectivity index (χ1n) is 10.0. The topological polar surface area (TPSA) is 20.3 Å². The van der Waals surface area contributed by atoms with Crippen LogP contribution < -0.4 is 0 Å². The lowest BCUT2D eigenvalue weighted by atomic mass is 9.86. The molecular weight excluding hydrogens is 370 g/mol. The molecule has 2 fully saturated rings. The van der Waals surface area contributed by atoms with Crippen molar-refractivity contribution in [2.75, 3.05) is 13.1 Å². The minimum atomic E-state index is 0.277. The molecule has 2 aliphatic rings. The number of allylic oxidation sites excluding steroid dienone is 1. The summed E-state index contributed by atoms with van der Waals surface area (Å²) in [5.74, 6) is 0.618. The second-order valence-electron chi connectivity index (χ2n) is 7.59. The fraction of sp³-hybridized carbons (Fsp3) is 0.435. The van der Waals surface area contributed by atoms with Gasteiger partial charge in [0.1, 0.15) is 0 Å². The Morgan fingerprint density at radius 3 is 2.15 bits per heavy atom. The fourth-order valence-corrected chi connectivity index (χ4v) is 5.58. The molecular formula is C23H27NOS2. The molecule has 1 saturated heterocycles. The monoisotopic (exact) mass is 397 g/mol. The molecule has 0 amide bonds. The predicted molar refractivity (Wildman–Crippen MR) is 116 cm³/mol. The summed E-state index contributed by atoms with van der Waals surface area (Å²) in [5, 5.41) is 8.85. The summed E-state index contributed by atoms with van der Waals surface area (Å²) in [7, 11) is 0. The van der Waals surface area contributed by atoms with Gasteiger partial charge in [0.2, 0.25) is 0 Å². The number of hydrogen-bond acceptors (Lipinski definition) is 4. The number of likely N-dealkylation sites (tertiary alicyclic amines) is 1. The van der Waals surface area contributed by atoms with Gasteiger partial charge in [-0.15, -0.1) is 0 Å². The summed E-state index contributed by atoms with van der Waals surface area (Å²) >= 11 is 3.53. The molecule has 0 unspecified atom stereocenters. The predicted octanol–water partition coefficient (Wildman–Crippen LogP) is 6.37. The molecule has 0 spiro atoms. The largest absolute Gasteiger partial charge is 0.377 e. The maximum atomic E-state index is 12.4. The Morgan fingerprint density at radius 2 is 1.59 bits per heavy atom. The van der Waals surface area contributed by atoms with Crippen LogP contribution in [-0.2, 0) is 4.79 Å². The molecule has 4 rings (SSSR count). The molecule has 4 heteroatoms. The van der Waals surface area contributed by atoms with E-state index in [9.17, 15) is 4.79 Å². The maximum absolute atomic E-state index is 12.4. The summed E-state index contributed by atoms with van der Waals surface area (Å²) in [4.78, 5) is 14.7. The molecule has 142 valence electrons. The number of carbonyl (C=O) groups excluding carboxylic acids is 1. The van der Waals surface area contributed by atoms with E-state index in [2.05, 4.69) is 44.8 Å². The van der Waals surface area contributed by atoms with Gasteiger partial charge in [0.25, 0.3) is 0 Å². The number of carbonyl (C=O) groups is 1. The minimum Gasteiger partial charge on any atom is -0.377 e. The van der Waals surface area contributed by atoms with Gasteiger partial charge in [0.05, 0.1) is 0 Å². The van der Waals surface area contributed by atoms with Crippen molar-refractivity contribution in [1.82, 2.24) is 4.90 Å². The summed E-state index contributed by atoms with van der Waals surface area (Å²) in [6.07, 6.45) is 12.0. The van der Waals surface area contributed by atoms with Gasteiger partial charge < -0.3 is 4.90 Å². The van der Waals surface area contributed by atoms with Crippen LogP contribution in [0.1, 0.15) is 56.1 Å². The van der Waals surface area contributed by atoms with Gasteiger partial charge in [0, 0.05) is 25.2 Å². The average Bonchev–Trinajstić information content (AvgIpc) is 3.43. The number of nitrogens with zero attached hydrogens (tertiary/aromatic N) is 1. The molecule has 1 saturated carbocycles. The van der Waals surface area contributed by atoms with Crippen LogP contribution in [0.4, 0.5) is 0 Å². The van der Waals surface area contributed by atoms with Crippen LogP contribution in [0.25, 0.3) is 5.57 Å². The van der Waals surface area contributed by atoms with Crippen LogP contribution in [0.5, 0.6) is 0 Å². The van der Waals surface area contributed by atoms with Crippen molar-refractivity contribution in [3.8, 4) is 0 Å². The first kappa shape index (κ1) is 18.7. The van der Waals surface area contributed by atoms with Crippen molar-refractivity contribution in [3.63, 3.8) is 0 Å². The molecule has 0 bridgehead atoms. The molecule has 3 heterocycles. The SMILES string of the molecule is O=C(/C=C/N1CCC(=C(c2ccsc2)c2ccsc2)CC1)C1CCCCC1. The second-order valence-corrected chi connectivity index (χ2v) is 9.15. The molecule has 0 N–H and O–H groups in total. The Hall–Kier alpha value is -1.65. The zero-order chi connectivity index (χ0) is 18.5. The molecule has 2 nitrogen and oxygen atoms in total. The minimum absolute atomic E-state index is 0.277. The molecule has 2 aromatic rings. The van der Waals surface area contributed by atoms with Crippen molar-refractivity contribution in [2.45, 2.75) is 44.9 Å². The van der Waals surface area contributed by atoms with Crippen molar-refractivity contribution in [1.29, 1.82) is 0 Å². The Bertz CT molecular complexity index is 749. The van der Waals surface area contributed by atoms with E-state index in [1.54, 1.807) is 28.2 Å². The summed E-state index contributed by atoms with van der Waals surface area (Å²) < 4.78 is 0. The zero-order valence-electron chi connectivity index (χ0n) is 15.7. The van der Waals surface area contributed by atoms with Crippen LogP contribution >= 0.6 is 22.7 Å². The number of rotatable bonds is 5. The number of piperidine rings is 1. The van der Waals surface area contributed by atoms with Gasteiger partial charge >= 0.3 is 0 Å². The smallest absolute Gasteiger partial charge is 0.160 e. The first-order chi connectivity index (χ1) is 13.3. The third kappa shape index (κ3) is 4.61. The summed E-state index contributed by atoms with van der Waals surface area (Å²) in [6, 6.07) is 4.47. The highest BCUT2D eigenvalue weighted by atomic mass is 32.1. The van der Waals surface area contributed by atoms with E-state index in [0.717, 1.165) is 38.8 Å². The molecule has 1 aliphatic heterocycles. The summed E-state index contributed by atoms with van der Waals surface area (Å²) in [5.41, 5.74) is 5.68. The van der Waals surface area contributed by atoms with Crippen molar-refractivity contribution >= 4 is 34.0 Å². The van der Waals surface area contributed by atoms with E-state index >= 15 is 0 Å². The van der Waals surface area contributed by atoms with Gasteiger partial charge in [-0.05, 0) is 82.1 Å². The molecule has 0 aromatic carbocycles. The molecule has 27 heavy (non-hydrogen) atoms. The van der Waals surface area contributed by atoms with E-state index in [0.29, 0.717) is 5.78 Å². The lowest BCUT2D eigenvalue weighted by Gasteiger charge is -2.29. The molecule has 0 radical (unpaired) electrons. The van der Waals surface area contributed by atoms with Crippen LogP contribution in [-0.4, -0.2) is 23.8 Å². The van der Waals surface area contributed by atoms with Crippen LogP contribution in [0, 0.1) is 5.92 Å². The first-order valence-corrected chi connectivity index (χ1v) is 11.9. The zero-order valence-corrected chi connectivity index (χ0v) is 17.4. The maximum Gasteiger partial charge on any atom is 0.160 e. The fourth-order valence-electron chi connectivity index (χ4n) is 4.28. The Labute approximate surface area is 170 Å². The van der Waals surface area contributed by atoms with Gasteiger partial charge in [-0.2, -0.15) is 22.7 Å². The Balaban J connectivity index is 1.42. The van der Waals surface area contributed by atoms with E-state index in [1.807, 2.05) is 6.08 Å². The molecule has 1 aliphatic carbocycles. The van der Waals surface area contributed by atoms with E-state index < -0.39 is 0 Å². The van der Waals surface area contributed by atoms with Gasteiger partial charge in [-0.3, -0.25) is 4.79 Å². The van der Waals surface area contributed by atoms with E-state index in [1.165, 1.54) is 36.0 Å². The van der Waals surface area contributed by atoms with E-state index in [4.69, 9.17) is 0 Å². The van der Waals surface area contributed by atoms with Crippen molar-refractivity contribution in [2.24, 2.45) is 5.92 Å². The summed E-state index contributed by atoms with van der Waals surface area (Å²) in [6.45, 7) is 2.00. The lowest BCUT2D eigenvalue weighted by Crippen LogP contribution is -2.27. The average molecular weight is 398 g/mol. The highest BCUT2D eigenvalue weighted by Gasteiger charge is 2.20. The number of hydrogen-bond donors (Lipinski definition) is 0. The van der Waals surface area contributed by atoms with Crippen LogP contribution in [0.3, 0.4) is 0 Å². The Morgan fingerprint density at radius 1 is 0.963 bits per heavy atom. The molecule has 2 aromatic heterocycles. The molecule has 0 atom stereocenters. The quantitative estimate of drug-likeness (QED) is 0.546.